The fraction of sp³-hybridized carbons (Fsp3) is 0.483. The minimum atomic E-state index is -8.71. The van der Waals surface area contributed by atoms with E-state index in [9.17, 15) is 89.0 Å². The van der Waals surface area contributed by atoms with E-state index < -0.39 is 96.5 Å². The van der Waals surface area contributed by atoms with E-state index >= 15 is 0 Å². The number of fused-ring (bicyclic) bond motifs is 3. The highest BCUT2D eigenvalue weighted by molar-refractivity contribution is 6.01. The zero-order chi connectivity index (χ0) is 39.7. The molecule has 0 saturated carbocycles. The van der Waals surface area contributed by atoms with Crippen molar-refractivity contribution in [3.05, 3.63) is 59.2 Å². The van der Waals surface area contributed by atoms with Crippen molar-refractivity contribution in [1.29, 1.82) is 0 Å². The van der Waals surface area contributed by atoms with E-state index in [2.05, 4.69) is 4.84 Å². The Morgan fingerprint density at radius 3 is 1.65 bits per heavy atom. The SMILES string of the molecule is O=C(OCC1c2ccccc2-c2ccc(CCC(F)(F)C(F)(F)C(F)(F)C(F)(F)C(F)(F)C(F)(F)C(F)(F)C(F)(F)F)cc21)ON1C(=O)CCC1=O. The van der Waals surface area contributed by atoms with E-state index in [-0.39, 0.29) is 29.0 Å². The minimum absolute atomic E-state index is 0.0687. The van der Waals surface area contributed by atoms with E-state index in [4.69, 9.17) is 4.74 Å². The van der Waals surface area contributed by atoms with Crippen molar-refractivity contribution in [2.75, 3.05) is 6.61 Å². The number of aryl methyl sites for hydroxylation is 1. The molecule has 288 valence electrons. The molecule has 0 aromatic heterocycles. The summed E-state index contributed by atoms with van der Waals surface area (Å²) in [6.07, 6.45) is -14.1. The molecular weight excluding hydrogens is 765 g/mol. The molecule has 0 N–H and O–H groups in total. The summed E-state index contributed by atoms with van der Waals surface area (Å²) in [4.78, 5) is 40.0. The summed E-state index contributed by atoms with van der Waals surface area (Å²) in [6, 6.07) is 9.02. The summed E-state index contributed by atoms with van der Waals surface area (Å²) < 4.78 is 237. The van der Waals surface area contributed by atoms with Gasteiger partial charge in [0.2, 0.25) is 0 Å². The number of nitrogens with zero attached hydrogens (tertiary/aromatic N) is 1. The maximum atomic E-state index is 14.6. The van der Waals surface area contributed by atoms with Crippen LogP contribution in [-0.2, 0) is 25.6 Å². The van der Waals surface area contributed by atoms with Crippen molar-refractivity contribution in [2.24, 2.45) is 0 Å². The van der Waals surface area contributed by atoms with Crippen molar-refractivity contribution >= 4 is 18.0 Å². The lowest BCUT2D eigenvalue weighted by Gasteiger charge is -2.42. The van der Waals surface area contributed by atoms with Crippen LogP contribution in [0, 0.1) is 0 Å². The summed E-state index contributed by atoms with van der Waals surface area (Å²) in [7, 11) is 0. The van der Waals surface area contributed by atoms with Gasteiger partial charge in [-0.2, -0.15) is 74.6 Å². The lowest BCUT2D eigenvalue weighted by atomic mass is 9.87. The number of alkyl halides is 17. The average molecular weight is 783 g/mol. The number of halogens is 17. The Balaban J connectivity index is 1.57. The Morgan fingerprint density at radius 1 is 0.635 bits per heavy atom. The molecule has 2 aromatic carbocycles. The first-order chi connectivity index (χ1) is 23.5. The van der Waals surface area contributed by atoms with E-state index in [0.29, 0.717) is 11.1 Å². The van der Waals surface area contributed by atoms with Crippen LogP contribution in [0.25, 0.3) is 11.1 Å². The summed E-state index contributed by atoms with van der Waals surface area (Å²) in [6.45, 7) is -0.662. The smallest absolute Gasteiger partial charge is 0.432 e. The van der Waals surface area contributed by atoms with Crippen LogP contribution < -0.4 is 0 Å². The molecule has 52 heavy (non-hydrogen) atoms. The van der Waals surface area contributed by atoms with Crippen molar-refractivity contribution in [1.82, 2.24) is 5.06 Å². The van der Waals surface area contributed by atoms with Gasteiger partial charge >= 0.3 is 53.8 Å². The Kier molecular flexibility index (Phi) is 9.84. The number of hydroxylamine groups is 2. The monoisotopic (exact) mass is 783 g/mol. The number of amides is 2. The van der Waals surface area contributed by atoms with E-state index in [1.165, 1.54) is 24.3 Å². The van der Waals surface area contributed by atoms with Crippen LogP contribution in [-0.4, -0.2) is 77.3 Å². The predicted molar refractivity (Wildman–Crippen MR) is 136 cm³/mol. The van der Waals surface area contributed by atoms with Gasteiger partial charge in [-0.15, -0.1) is 0 Å². The third-order valence-corrected chi connectivity index (χ3v) is 8.17. The Hall–Kier alpha value is -4.34. The average Bonchev–Trinajstić information content (AvgIpc) is 3.52. The van der Waals surface area contributed by atoms with Crippen LogP contribution in [0.3, 0.4) is 0 Å². The molecule has 0 radical (unpaired) electrons. The normalized spacial score (nSPS) is 17.7. The Bertz CT molecular complexity index is 1720. The van der Waals surface area contributed by atoms with Gasteiger partial charge < -0.3 is 4.74 Å². The molecule has 1 aliphatic heterocycles. The lowest BCUT2D eigenvalue weighted by Crippen LogP contribution is -2.74. The summed E-state index contributed by atoms with van der Waals surface area (Å²) in [5.74, 6) is -59.7. The van der Waals surface area contributed by atoms with E-state index in [0.717, 1.165) is 18.2 Å². The van der Waals surface area contributed by atoms with Crippen LogP contribution >= 0.6 is 0 Å². The largest absolute Gasteiger partial charge is 0.533 e. The zero-order valence-corrected chi connectivity index (χ0v) is 25.1. The van der Waals surface area contributed by atoms with Gasteiger partial charge in [0, 0.05) is 25.2 Å². The first kappa shape index (κ1) is 40.4. The maximum Gasteiger partial charge on any atom is 0.533 e. The lowest BCUT2D eigenvalue weighted by molar-refractivity contribution is -0.461. The van der Waals surface area contributed by atoms with Crippen LogP contribution in [0.5, 0.6) is 0 Å². The molecule has 2 amide bonds. The Labute approximate surface area is 278 Å². The fourth-order valence-corrected chi connectivity index (χ4v) is 5.26. The summed E-state index contributed by atoms with van der Waals surface area (Å²) in [5.41, 5.74) is 0.666. The number of benzene rings is 2. The molecular formula is C29H18F17NO5. The standard InChI is InChI=1S/C29H18F17NO5/c30-22(31,23(32,33)24(34,35)25(36,37)26(38,39)27(40,41)28(42,43)29(44,45)46)10-9-13-5-6-16-14-3-1-2-4-15(14)18(17(16)11-13)12-51-21(50)52-47-19(48)7-8-20(47)49/h1-6,11,18H,7-10,12H2. The number of carbonyl (C=O) groups excluding carboxylic acids is 3. The highest BCUT2D eigenvalue weighted by Crippen LogP contribution is 2.64. The highest BCUT2D eigenvalue weighted by atomic mass is 19.4. The summed E-state index contributed by atoms with van der Waals surface area (Å²) >= 11 is 0. The summed E-state index contributed by atoms with van der Waals surface area (Å²) in [5, 5.41) is 0.136. The van der Waals surface area contributed by atoms with Gasteiger partial charge in [-0.25, -0.2) is 4.79 Å². The molecule has 0 bridgehead atoms. The molecule has 1 atom stereocenters. The number of carbonyl (C=O) groups is 3. The fourth-order valence-electron chi connectivity index (χ4n) is 5.26. The molecule has 1 aliphatic carbocycles. The molecule has 1 fully saturated rings. The highest BCUT2D eigenvalue weighted by Gasteiger charge is 2.95. The molecule has 1 saturated heterocycles. The van der Waals surface area contributed by atoms with E-state index in [1.54, 1.807) is 0 Å². The second kappa shape index (κ2) is 12.7. The topological polar surface area (TPSA) is 72.9 Å². The van der Waals surface area contributed by atoms with Gasteiger partial charge in [-0.3, -0.25) is 14.4 Å². The molecule has 1 unspecified atom stereocenters. The molecule has 2 aromatic rings. The second-order valence-electron chi connectivity index (χ2n) is 11.4. The third-order valence-electron chi connectivity index (χ3n) is 8.17. The van der Waals surface area contributed by atoms with Crippen LogP contribution in [0.1, 0.15) is 41.9 Å². The predicted octanol–water partition coefficient (Wildman–Crippen LogP) is 8.96. The number of imide groups is 1. The maximum absolute atomic E-state index is 14.6. The second-order valence-corrected chi connectivity index (χ2v) is 11.4. The quantitative estimate of drug-likeness (QED) is 0.122. The van der Waals surface area contributed by atoms with Gasteiger partial charge in [-0.05, 0) is 34.2 Å². The zero-order valence-electron chi connectivity index (χ0n) is 25.1. The van der Waals surface area contributed by atoms with Crippen molar-refractivity contribution in [2.45, 2.75) is 79.2 Å². The van der Waals surface area contributed by atoms with Gasteiger partial charge in [0.1, 0.15) is 6.61 Å². The molecule has 6 nitrogen and oxygen atoms in total. The molecule has 0 spiro atoms. The van der Waals surface area contributed by atoms with Gasteiger partial charge in [0.25, 0.3) is 11.8 Å². The number of hydrogen-bond acceptors (Lipinski definition) is 5. The van der Waals surface area contributed by atoms with Crippen molar-refractivity contribution in [3.63, 3.8) is 0 Å². The van der Waals surface area contributed by atoms with Crippen LogP contribution in [0.2, 0.25) is 0 Å². The Morgan fingerprint density at radius 2 is 1.12 bits per heavy atom. The first-order valence-electron chi connectivity index (χ1n) is 14.1. The van der Waals surface area contributed by atoms with Gasteiger partial charge in [0.15, 0.2) is 0 Å². The minimum Gasteiger partial charge on any atom is -0.432 e. The first-order valence-corrected chi connectivity index (χ1v) is 14.1. The van der Waals surface area contributed by atoms with Gasteiger partial charge in [-0.1, -0.05) is 47.5 Å². The van der Waals surface area contributed by atoms with Crippen molar-refractivity contribution in [3.8, 4) is 11.1 Å². The molecule has 2 aliphatic rings. The number of ether oxygens (including phenoxy) is 1. The van der Waals surface area contributed by atoms with E-state index in [1.807, 2.05) is 0 Å². The van der Waals surface area contributed by atoms with Crippen LogP contribution in [0.4, 0.5) is 79.4 Å². The number of hydrogen-bond donors (Lipinski definition) is 0. The molecule has 23 heteroatoms. The molecule has 1 heterocycles. The molecule has 4 rings (SSSR count). The number of rotatable bonds is 12. The third kappa shape index (κ3) is 6.05. The van der Waals surface area contributed by atoms with Crippen LogP contribution in [0.15, 0.2) is 42.5 Å². The van der Waals surface area contributed by atoms with Gasteiger partial charge in [0.05, 0.1) is 0 Å². The van der Waals surface area contributed by atoms with Crippen molar-refractivity contribution < 1.29 is 98.6 Å².